The van der Waals surface area contributed by atoms with E-state index < -0.39 is 5.91 Å². The zero-order valence-electron chi connectivity index (χ0n) is 17.4. The van der Waals surface area contributed by atoms with Gasteiger partial charge in [-0.2, -0.15) is 5.26 Å². The Kier molecular flexibility index (Phi) is 8.78. The van der Waals surface area contributed by atoms with Crippen LogP contribution < -0.4 is 14.8 Å². The van der Waals surface area contributed by atoms with Crippen molar-refractivity contribution in [1.29, 1.82) is 5.26 Å². The number of nitrogens with one attached hydrogen (secondary N) is 1. The molecular weight excluding hydrogens is 492 g/mol. The summed E-state index contributed by atoms with van der Waals surface area (Å²) in [4.78, 5) is 12.5. The SMILES string of the molecule is CCCc1nnc(NC(=O)/C(C#N)=C\c2ccccc2OCCOc2ccc(Br)cc2)s1. The molecule has 1 N–H and O–H groups in total. The number of halogens is 1. The van der Waals surface area contributed by atoms with Crippen molar-refractivity contribution in [2.75, 3.05) is 18.5 Å². The Labute approximate surface area is 198 Å². The zero-order valence-corrected chi connectivity index (χ0v) is 19.8. The lowest BCUT2D eigenvalue weighted by atomic mass is 10.1. The van der Waals surface area contributed by atoms with Crippen molar-refractivity contribution in [3.05, 3.63) is 69.1 Å². The van der Waals surface area contributed by atoms with Gasteiger partial charge in [0.15, 0.2) is 0 Å². The summed E-state index contributed by atoms with van der Waals surface area (Å²) in [5.41, 5.74) is 0.561. The topological polar surface area (TPSA) is 97.1 Å². The molecule has 2 aromatic carbocycles. The summed E-state index contributed by atoms with van der Waals surface area (Å²) >= 11 is 4.69. The Bertz CT molecular complexity index is 1120. The molecular formula is C23H21BrN4O3S. The predicted molar refractivity (Wildman–Crippen MR) is 128 cm³/mol. The van der Waals surface area contributed by atoms with E-state index in [4.69, 9.17) is 9.47 Å². The number of aryl methyl sites for hydroxylation is 1. The summed E-state index contributed by atoms with van der Waals surface area (Å²) in [6.45, 7) is 2.70. The van der Waals surface area contributed by atoms with Gasteiger partial charge in [-0.25, -0.2) is 0 Å². The van der Waals surface area contributed by atoms with Crippen molar-refractivity contribution >= 4 is 44.4 Å². The van der Waals surface area contributed by atoms with E-state index in [1.807, 2.05) is 49.4 Å². The molecule has 3 rings (SSSR count). The van der Waals surface area contributed by atoms with E-state index in [1.54, 1.807) is 12.1 Å². The van der Waals surface area contributed by atoms with E-state index >= 15 is 0 Å². The summed E-state index contributed by atoms with van der Waals surface area (Å²) in [6, 6.07) is 16.7. The monoisotopic (exact) mass is 512 g/mol. The van der Waals surface area contributed by atoms with E-state index in [0.29, 0.717) is 29.7 Å². The van der Waals surface area contributed by atoms with Crippen LogP contribution in [-0.2, 0) is 11.2 Å². The van der Waals surface area contributed by atoms with Crippen LogP contribution >= 0.6 is 27.3 Å². The van der Waals surface area contributed by atoms with Crippen molar-refractivity contribution in [3.63, 3.8) is 0 Å². The number of benzene rings is 2. The van der Waals surface area contributed by atoms with Gasteiger partial charge in [-0.3, -0.25) is 10.1 Å². The second-order valence-electron chi connectivity index (χ2n) is 6.56. The number of nitrogens with zero attached hydrogens (tertiary/aromatic N) is 3. The van der Waals surface area contributed by atoms with Crippen molar-refractivity contribution < 1.29 is 14.3 Å². The van der Waals surface area contributed by atoms with Crippen molar-refractivity contribution in [3.8, 4) is 17.6 Å². The fourth-order valence-electron chi connectivity index (χ4n) is 2.66. The van der Waals surface area contributed by atoms with Crippen LogP contribution in [0.2, 0.25) is 0 Å². The smallest absolute Gasteiger partial charge is 0.268 e. The minimum absolute atomic E-state index is 0.0561. The molecule has 0 spiro atoms. The number of aromatic nitrogens is 2. The number of hydrogen-bond acceptors (Lipinski definition) is 7. The standard InChI is InChI=1S/C23H21BrN4O3S/c1-2-5-21-27-28-23(32-21)26-22(29)17(15-25)14-16-6-3-4-7-20(16)31-13-12-30-19-10-8-18(24)9-11-19/h3-4,6-11,14H,2,5,12-13H2,1H3,(H,26,28,29)/b17-14-. The van der Waals surface area contributed by atoms with E-state index in [0.717, 1.165) is 28.1 Å². The van der Waals surface area contributed by atoms with Crippen LogP contribution in [0.1, 0.15) is 23.9 Å². The Morgan fingerprint density at radius 2 is 1.91 bits per heavy atom. The molecule has 0 bridgehead atoms. The highest BCUT2D eigenvalue weighted by Gasteiger charge is 2.14. The third kappa shape index (κ3) is 6.90. The molecule has 0 radical (unpaired) electrons. The molecule has 164 valence electrons. The quantitative estimate of drug-likeness (QED) is 0.226. The summed E-state index contributed by atoms with van der Waals surface area (Å²) < 4.78 is 12.5. The molecule has 0 saturated heterocycles. The molecule has 1 amide bonds. The lowest BCUT2D eigenvalue weighted by molar-refractivity contribution is -0.112. The molecule has 1 aromatic heterocycles. The molecule has 0 aliphatic carbocycles. The predicted octanol–water partition coefficient (Wildman–Crippen LogP) is 5.26. The van der Waals surface area contributed by atoms with Crippen LogP contribution in [0.3, 0.4) is 0 Å². The average molecular weight is 513 g/mol. The molecule has 32 heavy (non-hydrogen) atoms. The lowest BCUT2D eigenvalue weighted by Gasteiger charge is -2.11. The fourth-order valence-corrected chi connectivity index (χ4v) is 3.76. The molecule has 0 unspecified atom stereocenters. The van der Waals surface area contributed by atoms with Gasteiger partial charge >= 0.3 is 0 Å². The van der Waals surface area contributed by atoms with Crippen LogP contribution in [0.4, 0.5) is 5.13 Å². The maximum atomic E-state index is 12.5. The van der Waals surface area contributed by atoms with Crippen molar-refractivity contribution in [2.24, 2.45) is 0 Å². The number of carbonyl (C=O) groups is 1. The first-order chi connectivity index (χ1) is 15.6. The number of rotatable bonds is 10. The molecule has 0 fully saturated rings. The van der Waals surface area contributed by atoms with Crippen LogP contribution in [-0.4, -0.2) is 29.3 Å². The maximum absolute atomic E-state index is 12.5. The van der Waals surface area contributed by atoms with E-state index in [9.17, 15) is 10.1 Å². The molecule has 3 aromatic rings. The van der Waals surface area contributed by atoms with Gasteiger partial charge in [0.1, 0.15) is 41.4 Å². The first-order valence-corrected chi connectivity index (χ1v) is 11.6. The van der Waals surface area contributed by atoms with Gasteiger partial charge < -0.3 is 9.47 Å². The Morgan fingerprint density at radius 1 is 1.16 bits per heavy atom. The number of para-hydroxylation sites is 1. The highest BCUT2D eigenvalue weighted by Crippen LogP contribution is 2.23. The van der Waals surface area contributed by atoms with Gasteiger partial charge in [-0.05, 0) is 42.8 Å². The number of carbonyl (C=O) groups excluding carboxylic acids is 1. The van der Waals surface area contributed by atoms with Gasteiger partial charge in [0.25, 0.3) is 5.91 Å². The summed E-state index contributed by atoms with van der Waals surface area (Å²) in [6.07, 6.45) is 3.23. The summed E-state index contributed by atoms with van der Waals surface area (Å²) in [5, 5.41) is 21.3. The van der Waals surface area contributed by atoms with Crippen LogP contribution in [0, 0.1) is 11.3 Å². The van der Waals surface area contributed by atoms with Gasteiger partial charge in [-0.1, -0.05) is 52.4 Å². The first kappa shape index (κ1) is 23.4. The minimum atomic E-state index is -0.542. The van der Waals surface area contributed by atoms with E-state index in [1.165, 1.54) is 17.4 Å². The van der Waals surface area contributed by atoms with Gasteiger partial charge in [0.05, 0.1) is 0 Å². The van der Waals surface area contributed by atoms with Crippen LogP contribution in [0.5, 0.6) is 11.5 Å². The Balaban J connectivity index is 1.62. The third-order valence-corrected chi connectivity index (χ3v) is 5.59. The van der Waals surface area contributed by atoms with E-state index in [2.05, 4.69) is 31.4 Å². The number of ether oxygens (including phenoxy) is 2. The molecule has 9 heteroatoms. The van der Waals surface area contributed by atoms with Crippen molar-refractivity contribution in [2.45, 2.75) is 19.8 Å². The number of amides is 1. The van der Waals surface area contributed by atoms with Gasteiger partial charge in [-0.15, -0.1) is 10.2 Å². The largest absolute Gasteiger partial charge is 0.490 e. The highest BCUT2D eigenvalue weighted by atomic mass is 79.9. The Hall–Kier alpha value is -3.22. The molecule has 0 aliphatic heterocycles. The van der Waals surface area contributed by atoms with E-state index in [-0.39, 0.29) is 5.57 Å². The highest BCUT2D eigenvalue weighted by molar-refractivity contribution is 9.10. The van der Waals surface area contributed by atoms with Crippen LogP contribution in [0.15, 0.2) is 58.6 Å². The normalized spacial score (nSPS) is 11.0. The third-order valence-electron chi connectivity index (χ3n) is 4.16. The number of nitriles is 1. The summed E-state index contributed by atoms with van der Waals surface area (Å²) in [7, 11) is 0. The first-order valence-electron chi connectivity index (χ1n) is 9.94. The molecule has 0 aliphatic rings. The molecule has 1 heterocycles. The average Bonchev–Trinajstić information content (AvgIpc) is 3.24. The fraction of sp³-hybridized carbons (Fsp3) is 0.217. The number of hydrogen-bond donors (Lipinski definition) is 1. The molecule has 0 atom stereocenters. The van der Waals surface area contributed by atoms with Gasteiger partial charge in [0, 0.05) is 16.5 Å². The van der Waals surface area contributed by atoms with Crippen molar-refractivity contribution in [1.82, 2.24) is 10.2 Å². The van der Waals surface area contributed by atoms with Crippen LogP contribution in [0.25, 0.3) is 6.08 Å². The zero-order chi connectivity index (χ0) is 22.8. The minimum Gasteiger partial charge on any atom is -0.490 e. The molecule has 7 nitrogen and oxygen atoms in total. The van der Waals surface area contributed by atoms with Gasteiger partial charge in [0.2, 0.25) is 5.13 Å². The second-order valence-corrected chi connectivity index (χ2v) is 8.54. The lowest BCUT2D eigenvalue weighted by Crippen LogP contribution is -2.13. The number of anilines is 1. The maximum Gasteiger partial charge on any atom is 0.268 e. The Morgan fingerprint density at radius 3 is 2.66 bits per heavy atom. The summed E-state index contributed by atoms with van der Waals surface area (Å²) in [5.74, 6) is 0.751. The second kappa shape index (κ2) is 12.0. The molecule has 0 saturated carbocycles.